The Hall–Kier alpha value is -0.996. The zero-order valence-corrected chi connectivity index (χ0v) is 24.2. The largest absolute Gasteiger partial charge is 1.00 e. The number of para-hydroxylation sites is 2. The smallest absolute Gasteiger partial charge is 1.00 e. The maximum atomic E-state index is 4.89. The first kappa shape index (κ1) is 30.0. The van der Waals surface area contributed by atoms with Gasteiger partial charge in [-0.1, -0.05) is 0 Å². The predicted molar refractivity (Wildman–Crippen MR) is 130 cm³/mol. The molecule has 2 aromatic rings. The van der Waals surface area contributed by atoms with Crippen molar-refractivity contribution < 1.29 is 42.0 Å². The van der Waals surface area contributed by atoms with Crippen molar-refractivity contribution in [3.8, 4) is 0 Å². The van der Waals surface area contributed by atoms with E-state index in [1.807, 2.05) is 0 Å². The van der Waals surface area contributed by atoms with Gasteiger partial charge in [-0.25, -0.2) is 0 Å². The van der Waals surface area contributed by atoms with Gasteiger partial charge in [-0.2, -0.15) is 0 Å². The Kier molecular flexibility index (Phi) is 11.5. The molecule has 1 saturated heterocycles. The van der Waals surface area contributed by atoms with E-state index in [1.54, 1.807) is 0 Å². The van der Waals surface area contributed by atoms with Crippen LogP contribution in [0.25, 0.3) is 0 Å². The number of nitrogens with zero attached hydrogens (tertiary/aromatic N) is 3. The summed E-state index contributed by atoms with van der Waals surface area (Å²) >= 11 is 2.50. The minimum atomic E-state index is -0.00481. The summed E-state index contributed by atoms with van der Waals surface area (Å²) in [6.45, 7) is 20.4. The summed E-state index contributed by atoms with van der Waals surface area (Å²) in [4.78, 5) is 5.09. The summed E-state index contributed by atoms with van der Waals surface area (Å²) in [6, 6.07) is 13.7. The van der Waals surface area contributed by atoms with Gasteiger partial charge in [-0.15, -0.1) is 0 Å². The Bertz CT molecular complexity index is 804. The fourth-order valence-electron chi connectivity index (χ4n) is 4.88. The van der Waals surface area contributed by atoms with E-state index >= 15 is 0 Å². The van der Waals surface area contributed by atoms with E-state index in [-0.39, 0.29) is 31.1 Å². The molecule has 2 aromatic carbocycles. The van der Waals surface area contributed by atoms with Crippen molar-refractivity contribution in [1.29, 1.82) is 0 Å². The second-order valence-corrected chi connectivity index (χ2v) is 10.4. The summed E-state index contributed by atoms with van der Waals surface area (Å²) in [7, 11) is 0. The van der Waals surface area contributed by atoms with Crippen LogP contribution in [0.5, 0.6) is 0 Å². The van der Waals surface area contributed by atoms with Crippen molar-refractivity contribution >= 4 is 11.4 Å². The zero-order chi connectivity index (χ0) is 22.9. The van der Waals surface area contributed by atoms with Gasteiger partial charge >= 0.3 is 199 Å². The van der Waals surface area contributed by atoms with E-state index in [9.17, 15) is 0 Å². The molecule has 0 aromatic heterocycles. The Morgan fingerprint density at radius 1 is 0.636 bits per heavy atom. The minimum Gasteiger partial charge on any atom is -1.00 e. The van der Waals surface area contributed by atoms with E-state index in [4.69, 9.17) is 3.79 Å². The maximum Gasteiger partial charge on any atom is -1.00 e. The molecule has 6 heteroatoms. The van der Waals surface area contributed by atoms with Gasteiger partial charge in [0.15, 0.2) is 0 Å². The molecular formula is C27H39Cl2N3V. The molecule has 0 spiro atoms. The number of anilines is 2. The molecular weight excluding hydrogens is 488 g/mol. The molecule has 1 heterocycles. The molecule has 0 amide bonds. The monoisotopic (exact) mass is 526 g/mol. The van der Waals surface area contributed by atoms with Crippen molar-refractivity contribution in [2.24, 2.45) is 3.79 Å². The third-order valence-electron chi connectivity index (χ3n) is 6.50. The van der Waals surface area contributed by atoms with Crippen molar-refractivity contribution in [2.75, 3.05) is 22.9 Å². The van der Waals surface area contributed by atoms with E-state index in [2.05, 4.69) is 119 Å². The van der Waals surface area contributed by atoms with Gasteiger partial charge in [0.05, 0.1) is 0 Å². The Morgan fingerprint density at radius 3 is 1.12 bits per heavy atom. The molecule has 1 aliphatic rings. The van der Waals surface area contributed by atoms with Crippen LogP contribution in [0.2, 0.25) is 0 Å². The first-order chi connectivity index (χ1) is 14.7. The van der Waals surface area contributed by atoms with Crippen molar-refractivity contribution in [3.05, 3.63) is 58.7 Å². The van der Waals surface area contributed by atoms with Crippen LogP contribution in [-0.4, -0.2) is 19.4 Å². The molecule has 1 fully saturated rings. The SMILES string of the molecule is CC(C)c1cccc(C(C)C)c1N1CCN(c2c(C(C)C)cccc2C(C)C)C1[N]=[V+2].[Cl-].[Cl-]. The van der Waals surface area contributed by atoms with E-state index in [0.717, 1.165) is 13.1 Å². The van der Waals surface area contributed by atoms with Gasteiger partial charge in [0.2, 0.25) is 0 Å². The molecule has 0 N–H and O–H groups in total. The molecule has 0 saturated carbocycles. The van der Waals surface area contributed by atoms with Crippen LogP contribution in [0.1, 0.15) is 101 Å². The van der Waals surface area contributed by atoms with Crippen LogP contribution in [0.3, 0.4) is 0 Å². The van der Waals surface area contributed by atoms with Gasteiger partial charge in [-0.05, 0) is 0 Å². The average Bonchev–Trinajstić information content (AvgIpc) is 3.15. The fourth-order valence-corrected chi connectivity index (χ4v) is 5.27. The normalized spacial score (nSPS) is 14.4. The molecule has 181 valence electrons. The summed E-state index contributed by atoms with van der Waals surface area (Å²) in [6.07, 6.45) is -0.00481. The molecule has 0 radical (unpaired) electrons. The summed E-state index contributed by atoms with van der Waals surface area (Å²) < 4.78 is 4.89. The Morgan fingerprint density at radius 2 is 0.909 bits per heavy atom. The number of benzene rings is 2. The summed E-state index contributed by atoms with van der Waals surface area (Å²) in [5.41, 5.74) is 8.49. The second kappa shape index (κ2) is 12.6. The first-order valence-corrected chi connectivity index (χ1v) is 12.4. The molecule has 0 unspecified atom stereocenters. The molecule has 0 aliphatic carbocycles. The molecule has 3 nitrogen and oxygen atoms in total. The topological polar surface area (TPSA) is 18.8 Å². The zero-order valence-electron chi connectivity index (χ0n) is 21.3. The minimum absolute atomic E-state index is 0. The number of rotatable bonds is 7. The van der Waals surface area contributed by atoms with Gasteiger partial charge in [0.25, 0.3) is 0 Å². The van der Waals surface area contributed by atoms with Crippen molar-refractivity contribution in [3.63, 3.8) is 0 Å². The number of halogens is 2. The van der Waals surface area contributed by atoms with Gasteiger partial charge in [0.1, 0.15) is 0 Å². The molecule has 33 heavy (non-hydrogen) atoms. The van der Waals surface area contributed by atoms with Crippen LogP contribution < -0.4 is 34.6 Å². The molecule has 0 bridgehead atoms. The summed E-state index contributed by atoms with van der Waals surface area (Å²) in [5, 5.41) is 0. The molecule has 0 atom stereocenters. The quantitative estimate of drug-likeness (QED) is 0.544. The van der Waals surface area contributed by atoms with E-state index in [0.29, 0.717) is 23.7 Å². The van der Waals surface area contributed by atoms with Crippen LogP contribution in [0.15, 0.2) is 40.2 Å². The van der Waals surface area contributed by atoms with E-state index in [1.165, 1.54) is 33.6 Å². The second-order valence-electron chi connectivity index (χ2n) is 10.0. The van der Waals surface area contributed by atoms with Crippen LogP contribution in [-0.2, 0) is 17.2 Å². The van der Waals surface area contributed by atoms with Crippen LogP contribution in [0, 0.1) is 0 Å². The Labute approximate surface area is 223 Å². The van der Waals surface area contributed by atoms with Crippen LogP contribution >= 0.6 is 0 Å². The molecule has 1 aliphatic heterocycles. The van der Waals surface area contributed by atoms with E-state index < -0.39 is 0 Å². The Balaban J connectivity index is 0.00000272. The molecule has 3 rings (SSSR count). The third-order valence-corrected chi connectivity index (χ3v) is 6.82. The van der Waals surface area contributed by atoms with Gasteiger partial charge in [0, 0.05) is 0 Å². The third kappa shape index (κ3) is 5.99. The van der Waals surface area contributed by atoms with Gasteiger partial charge in [-0.3, -0.25) is 0 Å². The van der Waals surface area contributed by atoms with Gasteiger partial charge < -0.3 is 24.8 Å². The summed E-state index contributed by atoms with van der Waals surface area (Å²) in [5.74, 6) is 1.90. The standard InChI is InChI=1S/C27H39N3.2ClH.V/c1-17(2)21-11-9-12-22(18(3)4)25(21)29-15-16-30(27(29)28)26-23(19(5)6)13-10-14-24(26)20(7)8;;;/h9-14,17-20,27H,15-16H2,1-8H3;2*1H;/q;;;+2/p-2. The fraction of sp³-hybridized carbons (Fsp3) is 0.556. The average molecular weight is 527 g/mol. The first-order valence-electron chi connectivity index (χ1n) is 11.8. The maximum absolute atomic E-state index is 4.89. The van der Waals surface area contributed by atoms with Crippen molar-refractivity contribution in [1.82, 2.24) is 0 Å². The number of hydrogen-bond donors (Lipinski definition) is 0. The predicted octanol–water partition coefficient (Wildman–Crippen LogP) is 1.53. The van der Waals surface area contributed by atoms with Crippen LogP contribution in [0.4, 0.5) is 11.4 Å². The van der Waals surface area contributed by atoms with Crippen molar-refractivity contribution in [2.45, 2.75) is 85.4 Å². The number of hydrogen-bond acceptors (Lipinski definition) is 3.